The number of rotatable bonds is 38. The molecular formula is C43H80O5. The van der Waals surface area contributed by atoms with E-state index in [-0.39, 0.29) is 25.2 Å². The van der Waals surface area contributed by atoms with Gasteiger partial charge in [0.1, 0.15) is 6.61 Å². The minimum absolute atomic E-state index is 0.0671. The van der Waals surface area contributed by atoms with Crippen molar-refractivity contribution in [1.29, 1.82) is 0 Å². The van der Waals surface area contributed by atoms with Crippen LogP contribution in [0.5, 0.6) is 0 Å². The predicted octanol–water partition coefficient (Wildman–Crippen LogP) is 13.1. The summed E-state index contributed by atoms with van der Waals surface area (Å²) in [6.45, 7) is 4.12. The number of ether oxygens (including phenoxy) is 2. The highest BCUT2D eigenvalue weighted by Crippen LogP contribution is 2.15. The summed E-state index contributed by atoms with van der Waals surface area (Å²) in [6, 6.07) is 0. The van der Waals surface area contributed by atoms with Crippen LogP contribution in [-0.2, 0) is 19.1 Å². The van der Waals surface area contributed by atoms with Crippen LogP contribution in [0, 0.1) is 0 Å². The molecule has 1 atom stereocenters. The van der Waals surface area contributed by atoms with E-state index < -0.39 is 6.10 Å². The number of aliphatic hydroxyl groups is 1. The average molecular weight is 677 g/mol. The first kappa shape index (κ1) is 46.4. The molecule has 0 heterocycles. The molecule has 0 saturated carbocycles. The highest BCUT2D eigenvalue weighted by molar-refractivity contribution is 5.70. The first-order chi connectivity index (χ1) is 23.6. The Morgan fingerprint density at radius 2 is 0.833 bits per heavy atom. The third kappa shape index (κ3) is 37.2. The highest BCUT2D eigenvalue weighted by atomic mass is 16.6. The van der Waals surface area contributed by atoms with Crippen molar-refractivity contribution in [3.8, 4) is 0 Å². The number of unbranched alkanes of at least 4 members (excludes halogenated alkanes) is 26. The van der Waals surface area contributed by atoms with Crippen LogP contribution in [0.4, 0.5) is 0 Å². The number of carbonyl (C=O) groups is 2. The summed E-state index contributed by atoms with van der Waals surface area (Å²) in [5.41, 5.74) is 0. The van der Waals surface area contributed by atoms with Gasteiger partial charge < -0.3 is 14.6 Å². The van der Waals surface area contributed by atoms with Crippen molar-refractivity contribution < 1.29 is 24.2 Å². The molecule has 0 aromatic heterocycles. The third-order valence-electron chi connectivity index (χ3n) is 9.25. The molecule has 0 aliphatic heterocycles. The van der Waals surface area contributed by atoms with Crippen LogP contribution in [0.2, 0.25) is 0 Å². The van der Waals surface area contributed by atoms with E-state index in [2.05, 4.69) is 38.2 Å². The molecule has 0 amide bonds. The van der Waals surface area contributed by atoms with Gasteiger partial charge >= 0.3 is 11.9 Å². The second kappa shape index (κ2) is 39.8. The molecule has 0 aromatic carbocycles. The maximum absolute atomic E-state index is 12.2. The first-order valence-corrected chi connectivity index (χ1v) is 20.9. The van der Waals surface area contributed by atoms with Crippen LogP contribution < -0.4 is 0 Å². The van der Waals surface area contributed by atoms with Gasteiger partial charge in [-0.15, -0.1) is 0 Å². The molecule has 0 spiro atoms. The van der Waals surface area contributed by atoms with Crippen molar-refractivity contribution in [1.82, 2.24) is 0 Å². The maximum Gasteiger partial charge on any atom is 0.306 e. The van der Waals surface area contributed by atoms with E-state index in [1.807, 2.05) is 0 Å². The Kier molecular flexibility index (Phi) is 38.5. The number of allylic oxidation sites excluding steroid dienone is 4. The van der Waals surface area contributed by atoms with E-state index in [1.54, 1.807) is 0 Å². The normalized spacial score (nSPS) is 12.3. The molecule has 48 heavy (non-hydrogen) atoms. The van der Waals surface area contributed by atoms with E-state index in [0.29, 0.717) is 12.8 Å². The Morgan fingerprint density at radius 3 is 1.27 bits per heavy atom. The van der Waals surface area contributed by atoms with Crippen molar-refractivity contribution in [2.24, 2.45) is 0 Å². The second-order valence-corrected chi connectivity index (χ2v) is 14.1. The number of esters is 2. The van der Waals surface area contributed by atoms with Gasteiger partial charge in [-0.05, 0) is 44.9 Å². The van der Waals surface area contributed by atoms with Gasteiger partial charge in [0.2, 0.25) is 0 Å². The molecule has 0 aromatic rings. The summed E-state index contributed by atoms with van der Waals surface area (Å²) in [5, 5.41) is 9.56. The zero-order chi connectivity index (χ0) is 35.0. The standard InChI is InChI=1S/C43H80O5/c1-3-5-7-9-11-13-15-17-19-20-21-22-24-25-27-29-31-33-35-37-42(45)47-40-41(39-44)48-43(46)38-36-34-32-30-28-26-23-18-16-14-12-10-8-6-4-2/h12,14,18,23,41,44H,3-11,13,15-17,19-22,24-40H2,1-2H3/b14-12+,23-18+/t41-/m0/s1. The summed E-state index contributed by atoms with van der Waals surface area (Å²) < 4.78 is 10.6. The van der Waals surface area contributed by atoms with E-state index in [0.717, 1.165) is 51.4 Å². The van der Waals surface area contributed by atoms with Crippen LogP contribution in [-0.4, -0.2) is 36.4 Å². The van der Waals surface area contributed by atoms with E-state index >= 15 is 0 Å². The third-order valence-corrected chi connectivity index (χ3v) is 9.25. The Hall–Kier alpha value is -1.62. The zero-order valence-corrected chi connectivity index (χ0v) is 32.0. The van der Waals surface area contributed by atoms with Crippen LogP contribution >= 0.6 is 0 Å². The lowest BCUT2D eigenvalue weighted by molar-refractivity contribution is -0.161. The van der Waals surface area contributed by atoms with Gasteiger partial charge in [0, 0.05) is 12.8 Å². The summed E-state index contributed by atoms with van der Waals surface area (Å²) >= 11 is 0. The molecule has 0 radical (unpaired) electrons. The summed E-state index contributed by atoms with van der Waals surface area (Å²) in [5.74, 6) is -0.597. The summed E-state index contributed by atoms with van der Waals surface area (Å²) in [4.78, 5) is 24.3. The van der Waals surface area contributed by atoms with Crippen molar-refractivity contribution in [3.63, 3.8) is 0 Å². The minimum Gasteiger partial charge on any atom is -0.462 e. The molecule has 0 aliphatic carbocycles. The van der Waals surface area contributed by atoms with Gasteiger partial charge in [-0.1, -0.05) is 186 Å². The monoisotopic (exact) mass is 677 g/mol. The van der Waals surface area contributed by atoms with E-state index in [4.69, 9.17) is 9.47 Å². The summed E-state index contributed by atoms with van der Waals surface area (Å²) in [7, 11) is 0. The van der Waals surface area contributed by atoms with Crippen molar-refractivity contribution in [2.75, 3.05) is 13.2 Å². The lowest BCUT2D eigenvalue weighted by Crippen LogP contribution is -2.28. The lowest BCUT2D eigenvalue weighted by atomic mass is 10.0. The van der Waals surface area contributed by atoms with Gasteiger partial charge in [-0.25, -0.2) is 0 Å². The van der Waals surface area contributed by atoms with Gasteiger partial charge in [-0.2, -0.15) is 0 Å². The molecule has 1 N–H and O–H groups in total. The van der Waals surface area contributed by atoms with Gasteiger partial charge in [0.05, 0.1) is 6.61 Å². The molecule has 282 valence electrons. The molecule has 0 aliphatic rings. The fourth-order valence-corrected chi connectivity index (χ4v) is 6.06. The van der Waals surface area contributed by atoms with E-state index in [9.17, 15) is 14.7 Å². The lowest BCUT2D eigenvalue weighted by Gasteiger charge is -2.15. The molecular weight excluding hydrogens is 596 g/mol. The van der Waals surface area contributed by atoms with Gasteiger partial charge in [0.15, 0.2) is 6.10 Å². The van der Waals surface area contributed by atoms with Crippen molar-refractivity contribution >= 4 is 11.9 Å². The first-order valence-electron chi connectivity index (χ1n) is 20.9. The molecule has 0 unspecified atom stereocenters. The SMILES string of the molecule is CCCCC/C=C/C/C=C/CCCCCCCC(=O)O[C@@H](CO)COC(=O)CCCCCCCCCCCCCCCCCCCCC. The molecule has 0 bridgehead atoms. The number of carbonyl (C=O) groups excluding carboxylic acids is 2. The van der Waals surface area contributed by atoms with Crippen molar-refractivity contribution in [3.05, 3.63) is 24.3 Å². The zero-order valence-electron chi connectivity index (χ0n) is 32.0. The van der Waals surface area contributed by atoms with Crippen LogP contribution in [0.3, 0.4) is 0 Å². The topological polar surface area (TPSA) is 72.8 Å². The van der Waals surface area contributed by atoms with Crippen LogP contribution in [0.15, 0.2) is 24.3 Å². The average Bonchev–Trinajstić information content (AvgIpc) is 3.09. The highest BCUT2D eigenvalue weighted by Gasteiger charge is 2.16. The van der Waals surface area contributed by atoms with Gasteiger partial charge in [0.25, 0.3) is 0 Å². The Bertz CT molecular complexity index is 731. The number of hydrogen-bond donors (Lipinski definition) is 1. The predicted molar refractivity (Wildman–Crippen MR) is 205 cm³/mol. The Labute approximate surface area is 298 Å². The fraction of sp³-hybridized carbons (Fsp3) is 0.860. The molecule has 0 saturated heterocycles. The summed E-state index contributed by atoms with van der Waals surface area (Å²) in [6.07, 6.45) is 46.7. The minimum atomic E-state index is -0.774. The number of aliphatic hydroxyl groups excluding tert-OH is 1. The molecule has 0 rings (SSSR count). The number of hydrogen-bond acceptors (Lipinski definition) is 5. The van der Waals surface area contributed by atoms with E-state index in [1.165, 1.54) is 141 Å². The smallest absolute Gasteiger partial charge is 0.306 e. The quantitative estimate of drug-likeness (QED) is 0.0400. The van der Waals surface area contributed by atoms with Crippen LogP contribution in [0.25, 0.3) is 0 Å². The fourth-order valence-electron chi connectivity index (χ4n) is 6.06. The Balaban J connectivity index is 3.52. The molecule has 0 fully saturated rings. The molecule has 5 nitrogen and oxygen atoms in total. The maximum atomic E-state index is 12.2. The molecule has 5 heteroatoms. The Morgan fingerprint density at radius 1 is 0.479 bits per heavy atom. The van der Waals surface area contributed by atoms with Gasteiger partial charge in [-0.3, -0.25) is 9.59 Å². The van der Waals surface area contributed by atoms with Crippen molar-refractivity contribution in [2.45, 2.75) is 225 Å². The van der Waals surface area contributed by atoms with Crippen LogP contribution in [0.1, 0.15) is 219 Å². The second-order valence-electron chi connectivity index (χ2n) is 14.1. The largest absolute Gasteiger partial charge is 0.462 e.